The molecular weight excluding hydrogens is 311 g/mol. The van der Waals surface area contributed by atoms with Crippen LogP contribution in [-0.2, 0) is 12.1 Å². The number of nitrogens with zero attached hydrogens (tertiary/aromatic N) is 1. The molecule has 3 rings (SSSR count). The van der Waals surface area contributed by atoms with Crippen LogP contribution in [0.3, 0.4) is 0 Å². The molecule has 1 aliphatic heterocycles. The lowest BCUT2D eigenvalue weighted by Crippen LogP contribution is -2.51. The summed E-state index contributed by atoms with van der Waals surface area (Å²) in [5, 5.41) is 2.90. The molecule has 1 unspecified atom stereocenters. The van der Waals surface area contributed by atoms with E-state index in [0.717, 1.165) is 4.47 Å². The molecule has 1 N–H and O–H groups in total. The number of nitrogens with one attached hydrogen (secondary N) is 1. The quantitative estimate of drug-likeness (QED) is 0.860. The number of fused-ring (bicyclic) bond motifs is 1. The molecular formula is C14H12BrFN2O. The van der Waals surface area contributed by atoms with E-state index in [9.17, 15) is 9.18 Å². The van der Waals surface area contributed by atoms with Gasteiger partial charge in [0.25, 0.3) is 5.91 Å². The van der Waals surface area contributed by atoms with Crippen molar-refractivity contribution in [3.05, 3.63) is 58.1 Å². The van der Waals surface area contributed by atoms with Crippen LogP contribution in [0.25, 0.3) is 0 Å². The first-order valence-electron chi connectivity index (χ1n) is 5.93. The van der Waals surface area contributed by atoms with E-state index in [0.29, 0.717) is 17.8 Å². The first kappa shape index (κ1) is 12.4. The van der Waals surface area contributed by atoms with Crippen molar-refractivity contribution in [2.45, 2.75) is 19.0 Å². The van der Waals surface area contributed by atoms with Crippen LogP contribution in [0.15, 0.2) is 41.0 Å². The Bertz CT molecular complexity index is 667. The lowest BCUT2D eigenvalue weighted by molar-refractivity contribution is 0.0845. The third-order valence-electron chi connectivity index (χ3n) is 3.46. The monoisotopic (exact) mass is 322 g/mol. The van der Waals surface area contributed by atoms with E-state index >= 15 is 0 Å². The molecule has 2 heterocycles. The third-order valence-corrected chi connectivity index (χ3v) is 3.95. The molecule has 1 aromatic heterocycles. The van der Waals surface area contributed by atoms with Crippen molar-refractivity contribution in [3.63, 3.8) is 0 Å². The maximum Gasteiger partial charge on any atom is 0.268 e. The van der Waals surface area contributed by atoms with Gasteiger partial charge in [-0.3, -0.25) is 4.79 Å². The molecule has 3 nitrogen and oxygen atoms in total. The van der Waals surface area contributed by atoms with Gasteiger partial charge in [0.2, 0.25) is 0 Å². The van der Waals surface area contributed by atoms with Crippen LogP contribution in [-0.4, -0.2) is 10.5 Å². The second kappa shape index (κ2) is 4.20. The maximum atomic E-state index is 14.0. The molecule has 0 saturated carbocycles. The van der Waals surface area contributed by atoms with Gasteiger partial charge in [-0.2, -0.15) is 0 Å². The first-order valence-corrected chi connectivity index (χ1v) is 6.72. The number of benzene rings is 1. The standard InChI is InChI=1S/C14H12BrFN2O/c1-14(10-7-9(15)4-5-11(10)16)8-18-6-2-3-12(18)13(19)17-14/h2-7H,8H2,1H3,(H,17,19). The van der Waals surface area contributed by atoms with Crippen molar-refractivity contribution >= 4 is 21.8 Å². The van der Waals surface area contributed by atoms with E-state index in [-0.39, 0.29) is 11.7 Å². The molecule has 0 spiro atoms. The van der Waals surface area contributed by atoms with Crippen LogP contribution in [0.4, 0.5) is 4.39 Å². The molecule has 2 aromatic rings. The zero-order valence-corrected chi connectivity index (χ0v) is 11.9. The van der Waals surface area contributed by atoms with E-state index in [2.05, 4.69) is 21.2 Å². The van der Waals surface area contributed by atoms with E-state index in [4.69, 9.17) is 0 Å². The second-order valence-corrected chi connectivity index (χ2v) is 5.85. The number of amides is 1. The SMILES string of the molecule is CC1(c2cc(Br)ccc2F)Cn2cccc2C(=O)N1. The zero-order valence-electron chi connectivity index (χ0n) is 10.3. The molecule has 1 aliphatic rings. The maximum absolute atomic E-state index is 14.0. The lowest BCUT2D eigenvalue weighted by Gasteiger charge is -2.36. The molecule has 0 bridgehead atoms. The van der Waals surface area contributed by atoms with E-state index in [1.165, 1.54) is 6.07 Å². The number of hydrogen-bond acceptors (Lipinski definition) is 1. The Kier molecular flexibility index (Phi) is 2.74. The number of carbonyl (C=O) groups is 1. The fourth-order valence-corrected chi connectivity index (χ4v) is 2.89. The normalized spacial score (nSPS) is 21.9. The lowest BCUT2D eigenvalue weighted by atomic mass is 9.89. The molecule has 0 fully saturated rings. The Morgan fingerprint density at radius 3 is 3.00 bits per heavy atom. The van der Waals surface area contributed by atoms with Crippen LogP contribution < -0.4 is 5.32 Å². The summed E-state index contributed by atoms with van der Waals surface area (Å²) in [7, 11) is 0. The molecule has 5 heteroatoms. The minimum atomic E-state index is -0.753. The van der Waals surface area contributed by atoms with Gasteiger partial charge in [-0.15, -0.1) is 0 Å². The number of aromatic nitrogens is 1. The highest BCUT2D eigenvalue weighted by molar-refractivity contribution is 9.10. The van der Waals surface area contributed by atoms with E-state index < -0.39 is 5.54 Å². The Morgan fingerprint density at radius 1 is 1.42 bits per heavy atom. The minimum Gasteiger partial charge on any atom is -0.341 e. The van der Waals surface area contributed by atoms with Crippen LogP contribution in [0, 0.1) is 5.82 Å². The number of hydrogen-bond donors (Lipinski definition) is 1. The molecule has 1 amide bonds. The predicted octanol–water partition coefficient (Wildman–Crippen LogP) is 3.05. The van der Waals surface area contributed by atoms with E-state index in [1.807, 2.05) is 23.8 Å². The highest BCUT2D eigenvalue weighted by atomic mass is 79.9. The van der Waals surface area contributed by atoms with Gasteiger partial charge in [0.15, 0.2) is 0 Å². The van der Waals surface area contributed by atoms with Gasteiger partial charge in [0.1, 0.15) is 11.5 Å². The Balaban J connectivity index is 2.10. The summed E-state index contributed by atoms with van der Waals surface area (Å²) in [5.74, 6) is -0.500. The highest BCUT2D eigenvalue weighted by Crippen LogP contribution is 2.31. The second-order valence-electron chi connectivity index (χ2n) is 4.93. The predicted molar refractivity (Wildman–Crippen MR) is 73.4 cm³/mol. The Hall–Kier alpha value is -1.62. The first-order chi connectivity index (χ1) is 8.99. The third kappa shape index (κ3) is 1.98. The Labute approximate surface area is 118 Å². The van der Waals surface area contributed by atoms with Gasteiger partial charge < -0.3 is 9.88 Å². The average Bonchev–Trinajstić information content (AvgIpc) is 2.80. The summed E-state index contributed by atoms with van der Waals surface area (Å²) in [5.41, 5.74) is 0.333. The smallest absolute Gasteiger partial charge is 0.268 e. The molecule has 0 radical (unpaired) electrons. The summed E-state index contributed by atoms with van der Waals surface area (Å²) >= 11 is 3.34. The molecule has 0 saturated heterocycles. The topological polar surface area (TPSA) is 34.0 Å². The van der Waals surface area contributed by atoms with Crippen LogP contribution in [0.5, 0.6) is 0 Å². The molecule has 1 aromatic carbocycles. The van der Waals surface area contributed by atoms with E-state index in [1.54, 1.807) is 18.2 Å². The van der Waals surface area contributed by atoms with Crippen molar-refractivity contribution in [2.75, 3.05) is 0 Å². The number of carbonyl (C=O) groups excluding carboxylic acids is 1. The summed E-state index contributed by atoms with van der Waals surface area (Å²) < 4.78 is 16.7. The summed E-state index contributed by atoms with van der Waals surface area (Å²) in [6, 6.07) is 8.34. The average molecular weight is 323 g/mol. The van der Waals surface area contributed by atoms with Gasteiger partial charge in [-0.1, -0.05) is 15.9 Å². The fourth-order valence-electron chi connectivity index (χ4n) is 2.53. The minimum absolute atomic E-state index is 0.182. The molecule has 98 valence electrons. The van der Waals surface area contributed by atoms with Crippen LogP contribution in [0.1, 0.15) is 23.0 Å². The van der Waals surface area contributed by atoms with Gasteiger partial charge >= 0.3 is 0 Å². The van der Waals surface area contributed by atoms with Gasteiger partial charge in [-0.25, -0.2) is 4.39 Å². The van der Waals surface area contributed by atoms with Gasteiger partial charge in [0, 0.05) is 22.8 Å². The van der Waals surface area contributed by atoms with Crippen molar-refractivity contribution in [2.24, 2.45) is 0 Å². The summed E-state index contributed by atoms with van der Waals surface area (Å²) in [6.07, 6.45) is 1.84. The van der Waals surface area contributed by atoms with Gasteiger partial charge in [-0.05, 0) is 37.3 Å². The highest BCUT2D eigenvalue weighted by Gasteiger charge is 2.37. The van der Waals surface area contributed by atoms with Crippen LogP contribution >= 0.6 is 15.9 Å². The van der Waals surface area contributed by atoms with Crippen LogP contribution in [0.2, 0.25) is 0 Å². The molecule has 0 aliphatic carbocycles. The fraction of sp³-hybridized carbons (Fsp3) is 0.214. The molecule has 1 atom stereocenters. The zero-order chi connectivity index (χ0) is 13.6. The Morgan fingerprint density at radius 2 is 2.21 bits per heavy atom. The van der Waals surface area contributed by atoms with Crippen molar-refractivity contribution < 1.29 is 9.18 Å². The number of halogens is 2. The summed E-state index contributed by atoms with van der Waals surface area (Å²) in [4.78, 5) is 12.1. The number of rotatable bonds is 1. The largest absolute Gasteiger partial charge is 0.341 e. The van der Waals surface area contributed by atoms with Gasteiger partial charge in [0.05, 0.1) is 5.54 Å². The van der Waals surface area contributed by atoms with Crippen molar-refractivity contribution in [3.8, 4) is 0 Å². The molecule has 19 heavy (non-hydrogen) atoms. The van der Waals surface area contributed by atoms with Crippen molar-refractivity contribution in [1.82, 2.24) is 9.88 Å². The summed E-state index contributed by atoms with van der Waals surface area (Å²) in [6.45, 7) is 2.34. The van der Waals surface area contributed by atoms with Crippen molar-refractivity contribution in [1.29, 1.82) is 0 Å².